The molecule has 0 aliphatic heterocycles. The topological polar surface area (TPSA) is 42.7 Å². The molecule has 0 saturated heterocycles. The summed E-state index contributed by atoms with van der Waals surface area (Å²) in [5.74, 6) is 0.548. The van der Waals surface area contributed by atoms with E-state index in [4.69, 9.17) is 11.8 Å². The monoisotopic (exact) mass is 132 g/mol. The van der Waals surface area contributed by atoms with Gasteiger partial charge in [-0.15, -0.1) is 10.2 Å². The number of rotatable bonds is 1. The van der Waals surface area contributed by atoms with E-state index in [0.717, 1.165) is 0 Å². The van der Waals surface area contributed by atoms with E-state index in [1.54, 1.807) is 17.9 Å². The van der Waals surface area contributed by atoms with Crippen molar-refractivity contribution in [2.24, 2.45) is 7.05 Å². The Hall–Kier alpha value is -0.770. The zero-order valence-electron chi connectivity index (χ0n) is 4.30. The highest BCUT2D eigenvalue weighted by molar-refractivity contribution is 6.23. The van der Waals surface area contributed by atoms with Crippen molar-refractivity contribution < 1.29 is 0 Å². The minimum Gasteiger partial charge on any atom is -0.302 e. The Kier molecular flexibility index (Phi) is 1.34. The number of halogens is 1. The van der Waals surface area contributed by atoms with Crippen LogP contribution < -0.4 is 4.84 Å². The smallest absolute Gasteiger partial charge is 0.238 e. The van der Waals surface area contributed by atoms with E-state index in [9.17, 15) is 0 Å². The molecule has 0 radical (unpaired) electrons. The SMILES string of the molecule is Cn1cnnc1NCl. The highest BCUT2D eigenvalue weighted by Gasteiger charge is 1.92. The maximum atomic E-state index is 5.20. The van der Waals surface area contributed by atoms with Gasteiger partial charge in [-0.3, -0.25) is 4.84 Å². The number of nitrogens with zero attached hydrogens (tertiary/aromatic N) is 3. The molecule has 0 aliphatic rings. The van der Waals surface area contributed by atoms with Crippen LogP contribution >= 0.6 is 11.8 Å². The standard InChI is InChI=1S/C3H5ClN4/c1-8-2-5-7-3(8)6-4/h2H,1H3,(H,6,7). The van der Waals surface area contributed by atoms with Gasteiger partial charge in [-0.2, -0.15) is 0 Å². The van der Waals surface area contributed by atoms with Crippen LogP contribution in [0.25, 0.3) is 0 Å². The Morgan fingerprint density at radius 2 is 2.62 bits per heavy atom. The minimum atomic E-state index is 0.548. The van der Waals surface area contributed by atoms with E-state index in [0.29, 0.717) is 5.95 Å². The van der Waals surface area contributed by atoms with Crippen LogP contribution in [0.2, 0.25) is 0 Å². The predicted molar refractivity (Wildman–Crippen MR) is 30.5 cm³/mol. The molecular weight excluding hydrogens is 128 g/mol. The Bertz CT molecular complexity index is 172. The van der Waals surface area contributed by atoms with E-state index in [2.05, 4.69) is 15.0 Å². The fourth-order valence-corrected chi connectivity index (χ4v) is 0.540. The van der Waals surface area contributed by atoms with E-state index in [1.807, 2.05) is 0 Å². The number of nitrogens with one attached hydrogen (secondary N) is 1. The first kappa shape index (κ1) is 5.37. The Balaban J connectivity index is 2.92. The molecule has 4 nitrogen and oxygen atoms in total. The highest BCUT2D eigenvalue weighted by atomic mass is 35.5. The molecule has 8 heavy (non-hydrogen) atoms. The molecule has 0 aromatic carbocycles. The van der Waals surface area contributed by atoms with Gasteiger partial charge < -0.3 is 4.57 Å². The molecule has 0 amide bonds. The second kappa shape index (κ2) is 2.00. The predicted octanol–water partition coefficient (Wildman–Crippen LogP) is 0.381. The summed E-state index contributed by atoms with van der Waals surface area (Å²) >= 11 is 5.20. The molecule has 1 N–H and O–H groups in total. The number of hydrogen-bond donors (Lipinski definition) is 1. The molecule has 1 aromatic heterocycles. The van der Waals surface area contributed by atoms with Crippen molar-refractivity contribution in [1.29, 1.82) is 0 Å². The van der Waals surface area contributed by atoms with Crippen LogP contribution in [0.4, 0.5) is 5.95 Å². The maximum absolute atomic E-state index is 5.20. The van der Waals surface area contributed by atoms with Gasteiger partial charge in [-0.05, 0) is 0 Å². The molecule has 44 valence electrons. The first-order valence-corrected chi connectivity index (χ1v) is 2.43. The molecule has 0 spiro atoms. The normalized spacial score (nSPS) is 9.25. The van der Waals surface area contributed by atoms with Gasteiger partial charge in [0.05, 0.1) is 0 Å². The lowest BCUT2D eigenvalue weighted by Gasteiger charge is -1.91. The Labute approximate surface area is 51.6 Å². The molecule has 0 unspecified atom stereocenters. The van der Waals surface area contributed by atoms with Gasteiger partial charge in [0, 0.05) is 18.8 Å². The van der Waals surface area contributed by atoms with Crippen LogP contribution in [0.5, 0.6) is 0 Å². The maximum Gasteiger partial charge on any atom is 0.238 e. The lowest BCUT2D eigenvalue weighted by atomic mass is 11.0. The molecule has 0 atom stereocenters. The second-order valence-corrected chi connectivity index (χ2v) is 1.55. The molecule has 5 heteroatoms. The molecular formula is C3H5ClN4. The Morgan fingerprint density at radius 3 is 2.88 bits per heavy atom. The lowest BCUT2D eigenvalue weighted by molar-refractivity contribution is 0.923. The quantitative estimate of drug-likeness (QED) is 0.562. The van der Waals surface area contributed by atoms with Crippen LogP contribution in [-0.2, 0) is 7.05 Å². The molecule has 0 bridgehead atoms. The van der Waals surface area contributed by atoms with Crippen molar-refractivity contribution in [3.63, 3.8) is 0 Å². The summed E-state index contributed by atoms with van der Waals surface area (Å²) < 4.78 is 1.67. The van der Waals surface area contributed by atoms with Gasteiger partial charge >= 0.3 is 0 Å². The van der Waals surface area contributed by atoms with E-state index in [1.165, 1.54) is 0 Å². The number of anilines is 1. The molecule has 1 rings (SSSR count). The van der Waals surface area contributed by atoms with Gasteiger partial charge in [0.2, 0.25) is 5.95 Å². The zero-order chi connectivity index (χ0) is 5.98. The van der Waals surface area contributed by atoms with Gasteiger partial charge in [-0.25, -0.2) is 0 Å². The summed E-state index contributed by atoms with van der Waals surface area (Å²) in [6.07, 6.45) is 1.56. The summed E-state index contributed by atoms with van der Waals surface area (Å²) in [7, 11) is 1.80. The number of aromatic nitrogens is 3. The van der Waals surface area contributed by atoms with Crippen LogP contribution in [0, 0.1) is 0 Å². The molecule has 1 heterocycles. The van der Waals surface area contributed by atoms with Crippen molar-refractivity contribution in [3.05, 3.63) is 6.33 Å². The van der Waals surface area contributed by atoms with Gasteiger partial charge in [0.15, 0.2) is 0 Å². The zero-order valence-corrected chi connectivity index (χ0v) is 5.05. The Morgan fingerprint density at radius 1 is 1.88 bits per heavy atom. The van der Waals surface area contributed by atoms with Gasteiger partial charge in [-0.1, -0.05) is 0 Å². The van der Waals surface area contributed by atoms with Crippen LogP contribution in [0.3, 0.4) is 0 Å². The molecule has 1 aromatic rings. The van der Waals surface area contributed by atoms with E-state index < -0.39 is 0 Å². The van der Waals surface area contributed by atoms with Crippen molar-refractivity contribution in [3.8, 4) is 0 Å². The third-order valence-electron chi connectivity index (χ3n) is 0.796. The third kappa shape index (κ3) is 0.742. The average Bonchev–Trinajstić information content (AvgIpc) is 2.14. The van der Waals surface area contributed by atoms with Crippen LogP contribution in [0.1, 0.15) is 0 Å². The summed E-state index contributed by atoms with van der Waals surface area (Å²) in [4.78, 5) is 2.34. The second-order valence-electron chi connectivity index (χ2n) is 1.36. The minimum absolute atomic E-state index is 0.548. The van der Waals surface area contributed by atoms with E-state index in [-0.39, 0.29) is 0 Å². The van der Waals surface area contributed by atoms with Crippen molar-refractivity contribution in [2.75, 3.05) is 4.84 Å². The number of hydrogen-bond acceptors (Lipinski definition) is 3. The number of aryl methyl sites for hydroxylation is 1. The van der Waals surface area contributed by atoms with Gasteiger partial charge in [0.1, 0.15) is 6.33 Å². The molecule has 0 saturated carbocycles. The van der Waals surface area contributed by atoms with Crippen LogP contribution in [0.15, 0.2) is 6.33 Å². The molecule has 0 aliphatic carbocycles. The van der Waals surface area contributed by atoms with Crippen LogP contribution in [-0.4, -0.2) is 14.8 Å². The lowest BCUT2D eigenvalue weighted by Crippen LogP contribution is -1.91. The van der Waals surface area contributed by atoms with Gasteiger partial charge in [0.25, 0.3) is 0 Å². The summed E-state index contributed by atoms with van der Waals surface area (Å²) in [5.41, 5.74) is 0. The van der Waals surface area contributed by atoms with Crippen molar-refractivity contribution >= 4 is 17.7 Å². The summed E-state index contributed by atoms with van der Waals surface area (Å²) in [6.45, 7) is 0. The van der Waals surface area contributed by atoms with E-state index >= 15 is 0 Å². The highest BCUT2D eigenvalue weighted by Crippen LogP contribution is 1.97. The molecule has 0 fully saturated rings. The fourth-order valence-electron chi connectivity index (χ4n) is 0.369. The first-order valence-electron chi connectivity index (χ1n) is 2.05. The third-order valence-corrected chi connectivity index (χ3v) is 0.965. The summed E-state index contributed by atoms with van der Waals surface area (Å²) in [5, 5.41) is 7.16. The first-order chi connectivity index (χ1) is 3.84. The summed E-state index contributed by atoms with van der Waals surface area (Å²) in [6, 6.07) is 0. The average molecular weight is 133 g/mol. The fraction of sp³-hybridized carbons (Fsp3) is 0.333. The van der Waals surface area contributed by atoms with Crippen molar-refractivity contribution in [2.45, 2.75) is 0 Å². The van der Waals surface area contributed by atoms with Crippen molar-refractivity contribution in [1.82, 2.24) is 14.8 Å². The largest absolute Gasteiger partial charge is 0.302 e.